The van der Waals surface area contributed by atoms with E-state index in [1.807, 2.05) is 0 Å². The molecular weight excluding hydrogens is 418 g/mol. The summed E-state index contributed by atoms with van der Waals surface area (Å²) in [5.74, 6) is -0.734. The Hall–Kier alpha value is -1.19. The molecule has 1 amide bonds. The van der Waals surface area contributed by atoms with E-state index in [2.05, 4.69) is 26.6 Å². The van der Waals surface area contributed by atoms with Gasteiger partial charge in [-0.2, -0.15) is 13.2 Å². The highest BCUT2D eigenvalue weighted by Crippen LogP contribution is 2.35. The van der Waals surface area contributed by atoms with Crippen molar-refractivity contribution < 1.29 is 22.4 Å². The van der Waals surface area contributed by atoms with Crippen LogP contribution in [-0.2, 0) is 4.79 Å². The van der Waals surface area contributed by atoms with Crippen LogP contribution in [0.4, 0.5) is 17.6 Å². The summed E-state index contributed by atoms with van der Waals surface area (Å²) >= 11 is 3.17. The van der Waals surface area contributed by atoms with Gasteiger partial charge in [0.15, 0.2) is 0 Å². The van der Waals surface area contributed by atoms with Gasteiger partial charge in [0.25, 0.3) is 0 Å². The first kappa shape index (κ1) is 21.1. The van der Waals surface area contributed by atoms with Gasteiger partial charge in [-0.1, -0.05) is 28.1 Å². The molecule has 0 unspecified atom stereocenters. The Balaban J connectivity index is 2.25. The van der Waals surface area contributed by atoms with Crippen molar-refractivity contribution in [2.24, 2.45) is 5.73 Å². The molecule has 1 aromatic carbocycles. The average Bonchev–Trinajstić information content (AvgIpc) is 3.19. The zero-order chi connectivity index (χ0) is 19.8. The van der Waals surface area contributed by atoms with E-state index in [0.717, 1.165) is 0 Å². The molecule has 0 aliphatic heterocycles. The van der Waals surface area contributed by atoms with Gasteiger partial charge in [0.05, 0.1) is 11.7 Å². The molecule has 2 rings (SSSR count). The van der Waals surface area contributed by atoms with Gasteiger partial charge in [-0.05, 0) is 44.4 Å². The van der Waals surface area contributed by atoms with Crippen LogP contribution in [-0.4, -0.2) is 29.5 Å². The third-order valence-electron chi connectivity index (χ3n) is 4.07. The van der Waals surface area contributed by atoms with E-state index in [9.17, 15) is 22.4 Å². The summed E-state index contributed by atoms with van der Waals surface area (Å²) in [4.78, 5) is 12.4. The number of alkyl halides is 4. The lowest BCUT2D eigenvalue weighted by Crippen LogP contribution is -2.55. The second-order valence-electron chi connectivity index (χ2n) is 7.31. The van der Waals surface area contributed by atoms with Crippen molar-refractivity contribution in [3.05, 3.63) is 34.3 Å². The van der Waals surface area contributed by atoms with Crippen LogP contribution >= 0.6 is 15.9 Å². The highest BCUT2D eigenvalue weighted by Gasteiger charge is 2.46. The Kier molecular flexibility index (Phi) is 6.04. The van der Waals surface area contributed by atoms with Crippen LogP contribution in [0.25, 0.3) is 0 Å². The van der Waals surface area contributed by atoms with Crippen molar-refractivity contribution in [2.75, 3.05) is 0 Å². The number of benzene rings is 1. The molecule has 1 aliphatic rings. The second-order valence-corrected chi connectivity index (χ2v) is 8.23. The van der Waals surface area contributed by atoms with E-state index in [1.165, 1.54) is 38.1 Å². The van der Waals surface area contributed by atoms with Crippen LogP contribution < -0.4 is 16.4 Å². The second kappa shape index (κ2) is 7.44. The number of nitrogens with one attached hydrogen (secondary N) is 2. The van der Waals surface area contributed by atoms with Crippen molar-refractivity contribution in [1.82, 2.24) is 10.6 Å². The molecule has 26 heavy (non-hydrogen) atoms. The summed E-state index contributed by atoms with van der Waals surface area (Å²) in [7, 11) is 0. The van der Waals surface area contributed by atoms with E-state index >= 15 is 0 Å². The number of nitrogens with two attached hydrogens (primary N) is 1. The molecule has 146 valence electrons. The maximum absolute atomic E-state index is 14.1. The van der Waals surface area contributed by atoms with Crippen LogP contribution in [0.15, 0.2) is 28.7 Å². The fraction of sp³-hybridized carbons (Fsp3) is 0.588. The molecule has 0 bridgehead atoms. The van der Waals surface area contributed by atoms with E-state index in [-0.39, 0.29) is 5.56 Å². The van der Waals surface area contributed by atoms with Crippen molar-refractivity contribution in [2.45, 2.75) is 62.7 Å². The summed E-state index contributed by atoms with van der Waals surface area (Å²) < 4.78 is 55.5. The Morgan fingerprint density at radius 3 is 2.19 bits per heavy atom. The molecule has 9 heteroatoms. The summed E-state index contributed by atoms with van der Waals surface area (Å²) in [6, 6.07) is 2.06. The summed E-state index contributed by atoms with van der Waals surface area (Å²) in [6.07, 6.45) is -4.00. The smallest absolute Gasteiger partial charge is 0.337 e. The first-order chi connectivity index (χ1) is 11.8. The topological polar surface area (TPSA) is 67.2 Å². The maximum Gasteiger partial charge on any atom is 0.407 e. The van der Waals surface area contributed by atoms with Gasteiger partial charge >= 0.3 is 6.18 Å². The fourth-order valence-corrected chi connectivity index (χ4v) is 2.81. The van der Waals surface area contributed by atoms with E-state index in [1.54, 1.807) is 0 Å². The van der Waals surface area contributed by atoms with E-state index in [0.29, 0.717) is 17.3 Å². The summed E-state index contributed by atoms with van der Waals surface area (Å²) in [6.45, 7) is 2.43. The predicted molar refractivity (Wildman–Crippen MR) is 94.0 cm³/mol. The van der Waals surface area contributed by atoms with Crippen LogP contribution in [0.1, 0.15) is 44.7 Å². The molecule has 1 fully saturated rings. The number of rotatable bonds is 7. The number of hydrogen-bond acceptors (Lipinski definition) is 3. The minimum absolute atomic E-state index is 0.0657. The van der Waals surface area contributed by atoms with Gasteiger partial charge in [0.2, 0.25) is 5.91 Å². The van der Waals surface area contributed by atoms with Crippen LogP contribution in [0.2, 0.25) is 0 Å². The van der Waals surface area contributed by atoms with Gasteiger partial charge in [0.1, 0.15) is 11.7 Å². The normalized spacial score (nSPS) is 18.9. The van der Waals surface area contributed by atoms with Crippen LogP contribution in [0, 0.1) is 0 Å². The Morgan fingerprint density at radius 2 is 1.77 bits per heavy atom. The highest BCUT2D eigenvalue weighted by atomic mass is 79.9. The van der Waals surface area contributed by atoms with E-state index in [4.69, 9.17) is 5.73 Å². The molecule has 0 spiro atoms. The third kappa shape index (κ3) is 6.21. The SMILES string of the molecule is CC(C)(F)C[C@H](N[C@@H](c1ccc(Br)cc1)C(F)(F)F)C(=O)NC1(N)CC1. The number of halogens is 5. The largest absolute Gasteiger partial charge is 0.407 e. The summed E-state index contributed by atoms with van der Waals surface area (Å²) in [5, 5.41) is 4.79. The monoisotopic (exact) mass is 439 g/mol. The van der Waals surface area contributed by atoms with Crippen LogP contribution in [0.3, 0.4) is 0 Å². The zero-order valence-electron chi connectivity index (χ0n) is 14.5. The van der Waals surface area contributed by atoms with Crippen molar-refractivity contribution in [3.63, 3.8) is 0 Å². The van der Waals surface area contributed by atoms with Crippen molar-refractivity contribution >= 4 is 21.8 Å². The quantitative estimate of drug-likeness (QED) is 0.448. The Bertz CT molecular complexity index is 639. The van der Waals surface area contributed by atoms with Crippen molar-refractivity contribution in [1.29, 1.82) is 0 Å². The molecule has 1 aromatic rings. The maximum atomic E-state index is 14.1. The van der Waals surface area contributed by atoms with Crippen molar-refractivity contribution in [3.8, 4) is 0 Å². The lowest BCUT2D eigenvalue weighted by atomic mass is 9.97. The Labute approximate surface area is 158 Å². The lowest BCUT2D eigenvalue weighted by molar-refractivity contribution is -0.161. The molecular formula is C17H22BrF4N3O. The number of hydrogen-bond donors (Lipinski definition) is 3. The van der Waals surface area contributed by atoms with Gasteiger partial charge in [-0.15, -0.1) is 0 Å². The number of carbonyl (C=O) groups excluding carboxylic acids is 1. The lowest BCUT2D eigenvalue weighted by Gasteiger charge is -2.30. The first-order valence-corrected chi connectivity index (χ1v) is 8.96. The number of amides is 1. The van der Waals surface area contributed by atoms with Gasteiger partial charge in [0, 0.05) is 10.9 Å². The number of carbonyl (C=O) groups is 1. The minimum atomic E-state index is -4.66. The Morgan fingerprint density at radius 1 is 1.23 bits per heavy atom. The molecule has 1 aliphatic carbocycles. The average molecular weight is 440 g/mol. The molecule has 0 radical (unpaired) electrons. The predicted octanol–water partition coefficient (Wildman–Crippen LogP) is 3.71. The molecule has 0 aromatic heterocycles. The molecule has 4 nitrogen and oxygen atoms in total. The third-order valence-corrected chi connectivity index (χ3v) is 4.59. The van der Waals surface area contributed by atoms with Gasteiger partial charge < -0.3 is 11.1 Å². The van der Waals surface area contributed by atoms with Gasteiger partial charge in [-0.25, -0.2) is 4.39 Å². The molecule has 1 saturated carbocycles. The molecule has 2 atom stereocenters. The first-order valence-electron chi connectivity index (χ1n) is 8.17. The fourth-order valence-electron chi connectivity index (χ4n) is 2.54. The molecule has 0 heterocycles. The highest BCUT2D eigenvalue weighted by molar-refractivity contribution is 9.10. The molecule has 0 saturated heterocycles. The minimum Gasteiger partial charge on any atom is -0.337 e. The van der Waals surface area contributed by atoms with Gasteiger partial charge in [-0.3, -0.25) is 10.1 Å². The standard InChI is InChI=1S/C17H22BrF4N3O/c1-15(2,19)9-12(14(26)25-16(23)7-8-16)24-13(17(20,21)22)10-3-5-11(18)6-4-10/h3-6,12-13,24H,7-9,23H2,1-2H3,(H,25,26)/t12-,13-/m0/s1. The zero-order valence-corrected chi connectivity index (χ0v) is 16.0. The molecule has 4 N–H and O–H groups in total. The van der Waals surface area contributed by atoms with Crippen LogP contribution in [0.5, 0.6) is 0 Å². The summed E-state index contributed by atoms with van der Waals surface area (Å²) in [5.41, 5.74) is 3.01. The van der Waals surface area contributed by atoms with E-state index < -0.39 is 41.9 Å².